The minimum Gasteiger partial charge on any atom is -0.355 e. The second kappa shape index (κ2) is 5.02. The van der Waals surface area contributed by atoms with E-state index in [4.69, 9.17) is 5.73 Å². The first kappa shape index (κ1) is 12.2. The number of hydrogen-bond donors (Lipinski definition) is 2. The molecule has 0 bridgehead atoms. The third kappa shape index (κ3) is 2.75. The van der Waals surface area contributed by atoms with E-state index >= 15 is 0 Å². The van der Waals surface area contributed by atoms with Gasteiger partial charge in [0.25, 0.3) is 0 Å². The van der Waals surface area contributed by atoms with Crippen molar-refractivity contribution in [1.82, 2.24) is 10.2 Å². The normalized spacial score (nSPS) is 36.2. The van der Waals surface area contributed by atoms with Gasteiger partial charge in [0.15, 0.2) is 0 Å². The number of amides is 1. The molecule has 3 atom stereocenters. The number of nitrogens with two attached hydrogens (primary N) is 1. The van der Waals surface area contributed by atoms with Crippen molar-refractivity contribution < 1.29 is 4.79 Å². The van der Waals surface area contributed by atoms with Gasteiger partial charge in [-0.25, -0.2) is 0 Å². The minimum atomic E-state index is 0.000869. The van der Waals surface area contributed by atoms with Gasteiger partial charge >= 0.3 is 0 Å². The predicted octanol–water partition coefficient (Wildman–Crippen LogP) is 0.490. The van der Waals surface area contributed by atoms with Crippen LogP contribution in [0.25, 0.3) is 0 Å². The second-order valence-corrected chi connectivity index (χ2v) is 6.02. The van der Waals surface area contributed by atoms with Gasteiger partial charge in [0.2, 0.25) is 5.91 Å². The Bertz CT molecular complexity index is 351. The summed E-state index contributed by atoms with van der Waals surface area (Å²) in [7, 11) is 0. The molecule has 100 valence electrons. The Morgan fingerprint density at radius 3 is 2.83 bits per heavy atom. The van der Waals surface area contributed by atoms with Crippen molar-refractivity contribution in [2.24, 2.45) is 17.6 Å². The van der Waals surface area contributed by atoms with Crippen LogP contribution in [0.1, 0.15) is 25.7 Å². The summed E-state index contributed by atoms with van der Waals surface area (Å²) < 4.78 is 0. The summed E-state index contributed by atoms with van der Waals surface area (Å²) in [5.41, 5.74) is 5.77. The van der Waals surface area contributed by atoms with Crippen LogP contribution in [0.3, 0.4) is 0 Å². The Morgan fingerprint density at radius 2 is 2.17 bits per heavy atom. The van der Waals surface area contributed by atoms with Gasteiger partial charge in [0.1, 0.15) is 0 Å². The predicted molar refractivity (Wildman–Crippen MR) is 70.9 cm³/mol. The Labute approximate surface area is 109 Å². The quantitative estimate of drug-likeness (QED) is 0.713. The van der Waals surface area contributed by atoms with Gasteiger partial charge in [0, 0.05) is 25.2 Å². The molecule has 3 N–H and O–H groups in total. The van der Waals surface area contributed by atoms with Crippen molar-refractivity contribution in [3.63, 3.8) is 0 Å². The fraction of sp³-hybridized carbons (Fsp3) is 0.786. The molecule has 1 saturated heterocycles. The van der Waals surface area contributed by atoms with Gasteiger partial charge < -0.3 is 16.0 Å². The molecule has 0 aromatic heterocycles. The highest BCUT2D eigenvalue weighted by atomic mass is 16.1. The minimum absolute atomic E-state index is 0.000869. The van der Waals surface area contributed by atoms with E-state index in [9.17, 15) is 4.79 Å². The first-order valence-electron chi connectivity index (χ1n) is 7.18. The number of hydrogen-bond acceptors (Lipinski definition) is 3. The third-order valence-corrected chi connectivity index (χ3v) is 4.40. The molecule has 2 fully saturated rings. The average Bonchev–Trinajstić information content (AvgIpc) is 2.95. The Balaban J connectivity index is 1.39. The molecular weight excluding hydrogens is 226 g/mol. The molecule has 2 aliphatic carbocycles. The highest BCUT2D eigenvalue weighted by Gasteiger charge is 2.34. The van der Waals surface area contributed by atoms with Gasteiger partial charge in [-0.15, -0.1) is 0 Å². The largest absolute Gasteiger partial charge is 0.355 e. The van der Waals surface area contributed by atoms with Crippen LogP contribution in [-0.4, -0.2) is 42.5 Å². The van der Waals surface area contributed by atoms with Gasteiger partial charge in [-0.3, -0.25) is 4.79 Å². The van der Waals surface area contributed by atoms with Crippen LogP contribution in [0.5, 0.6) is 0 Å². The monoisotopic (exact) mass is 249 g/mol. The molecule has 0 aromatic rings. The Kier molecular flexibility index (Phi) is 3.39. The van der Waals surface area contributed by atoms with E-state index < -0.39 is 0 Å². The van der Waals surface area contributed by atoms with Crippen LogP contribution in [0.15, 0.2) is 12.2 Å². The lowest BCUT2D eigenvalue weighted by Crippen LogP contribution is -2.35. The second-order valence-electron chi connectivity index (χ2n) is 6.02. The van der Waals surface area contributed by atoms with Crippen molar-refractivity contribution in [2.75, 3.05) is 19.6 Å². The van der Waals surface area contributed by atoms with Crippen molar-refractivity contribution in [1.29, 1.82) is 0 Å². The maximum Gasteiger partial charge on any atom is 0.227 e. The van der Waals surface area contributed by atoms with Gasteiger partial charge in [0.05, 0.1) is 5.92 Å². The molecule has 4 heteroatoms. The summed E-state index contributed by atoms with van der Waals surface area (Å²) in [6.07, 6.45) is 8.65. The first-order chi connectivity index (χ1) is 8.72. The summed E-state index contributed by atoms with van der Waals surface area (Å²) in [4.78, 5) is 14.5. The van der Waals surface area contributed by atoms with Crippen LogP contribution in [0.2, 0.25) is 0 Å². The molecular formula is C14H23N3O. The number of carbonyl (C=O) groups excluding carboxylic acids is 1. The number of carbonyl (C=O) groups is 1. The smallest absolute Gasteiger partial charge is 0.227 e. The summed E-state index contributed by atoms with van der Waals surface area (Å²) in [5.74, 6) is 0.804. The molecule has 3 unspecified atom stereocenters. The third-order valence-electron chi connectivity index (χ3n) is 4.40. The molecule has 0 spiro atoms. The zero-order valence-electron chi connectivity index (χ0n) is 10.8. The van der Waals surface area contributed by atoms with Crippen molar-refractivity contribution in [3.05, 3.63) is 12.2 Å². The fourth-order valence-electron chi connectivity index (χ4n) is 3.10. The van der Waals surface area contributed by atoms with E-state index in [1.807, 2.05) is 12.2 Å². The Morgan fingerprint density at radius 1 is 1.33 bits per heavy atom. The number of rotatable bonds is 4. The number of nitrogens with zero attached hydrogens (tertiary/aromatic N) is 1. The van der Waals surface area contributed by atoms with Crippen molar-refractivity contribution >= 4 is 5.91 Å². The Hall–Kier alpha value is -0.870. The zero-order valence-corrected chi connectivity index (χ0v) is 10.8. The summed E-state index contributed by atoms with van der Waals surface area (Å²) in [5, 5.41) is 3.09. The van der Waals surface area contributed by atoms with Gasteiger partial charge in [-0.05, 0) is 38.1 Å². The lowest BCUT2D eigenvalue weighted by atomic mass is 10.1. The van der Waals surface area contributed by atoms with Crippen LogP contribution in [-0.2, 0) is 4.79 Å². The van der Waals surface area contributed by atoms with Gasteiger partial charge in [-0.1, -0.05) is 12.2 Å². The highest BCUT2D eigenvalue weighted by molar-refractivity contribution is 5.81. The SMILES string of the molecule is NC1C=CC(C(=O)NCC2CCN(C3CC3)C2)C1. The van der Waals surface area contributed by atoms with E-state index in [2.05, 4.69) is 10.2 Å². The molecule has 0 aromatic carbocycles. The molecule has 1 aliphatic heterocycles. The number of likely N-dealkylation sites (tertiary alicyclic amines) is 1. The van der Waals surface area contributed by atoms with Crippen molar-refractivity contribution in [3.8, 4) is 0 Å². The fourth-order valence-corrected chi connectivity index (χ4v) is 3.10. The summed E-state index contributed by atoms with van der Waals surface area (Å²) in [6, 6.07) is 0.930. The van der Waals surface area contributed by atoms with Crippen LogP contribution in [0, 0.1) is 11.8 Å². The standard InChI is InChI=1S/C14H23N3O/c15-12-2-1-11(7-12)14(18)16-8-10-5-6-17(9-10)13-3-4-13/h1-2,10-13H,3-9,15H2,(H,16,18). The van der Waals surface area contributed by atoms with E-state index in [1.165, 1.54) is 32.4 Å². The van der Waals surface area contributed by atoms with Crippen molar-refractivity contribution in [2.45, 2.75) is 37.8 Å². The zero-order chi connectivity index (χ0) is 12.5. The van der Waals surface area contributed by atoms with E-state index in [-0.39, 0.29) is 17.9 Å². The molecule has 18 heavy (non-hydrogen) atoms. The van der Waals surface area contributed by atoms with Crippen LogP contribution in [0.4, 0.5) is 0 Å². The highest BCUT2D eigenvalue weighted by Crippen LogP contribution is 2.31. The molecule has 3 aliphatic rings. The molecule has 1 saturated carbocycles. The lowest BCUT2D eigenvalue weighted by Gasteiger charge is -2.16. The maximum atomic E-state index is 11.9. The van der Waals surface area contributed by atoms with Crippen LogP contribution < -0.4 is 11.1 Å². The van der Waals surface area contributed by atoms with E-state index in [1.54, 1.807) is 0 Å². The van der Waals surface area contributed by atoms with E-state index in [0.717, 1.165) is 19.0 Å². The summed E-state index contributed by atoms with van der Waals surface area (Å²) in [6.45, 7) is 3.23. The van der Waals surface area contributed by atoms with E-state index in [0.29, 0.717) is 5.92 Å². The topological polar surface area (TPSA) is 58.4 Å². The molecule has 1 heterocycles. The molecule has 0 radical (unpaired) electrons. The van der Waals surface area contributed by atoms with Crippen LogP contribution >= 0.6 is 0 Å². The lowest BCUT2D eigenvalue weighted by molar-refractivity contribution is -0.123. The summed E-state index contributed by atoms with van der Waals surface area (Å²) >= 11 is 0. The average molecular weight is 249 g/mol. The maximum absolute atomic E-state index is 11.9. The van der Waals surface area contributed by atoms with Gasteiger partial charge in [-0.2, -0.15) is 0 Å². The molecule has 1 amide bonds. The number of nitrogens with one attached hydrogen (secondary N) is 1. The molecule has 4 nitrogen and oxygen atoms in total. The molecule has 3 rings (SSSR count). The first-order valence-corrected chi connectivity index (χ1v) is 7.18.